The van der Waals surface area contributed by atoms with Crippen molar-refractivity contribution < 1.29 is 29.3 Å². The van der Waals surface area contributed by atoms with Crippen molar-refractivity contribution >= 4 is 43.2 Å². The van der Waals surface area contributed by atoms with E-state index in [1.165, 1.54) is 51.4 Å². The zero-order valence-corrected chi connectivity index (χ0v) is 25.6. The molecule has 0 aliphatic carbocycles. The van der Waals surface area contributed by atoms with E-state index in [4.69, 9.17) is 14.9 Å². The molecule has 0 fully saturated rings. The van der Waals surface area contributed by atoms with Gasteiger partial charge in [0.25, 0.3) is 0 Å². The second-order valence-corrected chi connectivity index (χ2v) is 10.6. The normalized spacial score (nSPS) is 11.7. The highest BCUT2D eigenvalue weighted by atomic mass is 32.1. The monoisotopic (exact) mass is 572 g/mol. The van der Waals surface area contributed by atoms with Gasteiger partial charge in [0.15, 0.2) is 0 Å². The molecular formula is C30H52O6S2. The number of ether oxygens (including phenoxy) is 1. The third-order valence-corrected chi connectivity index (χ3v) is 6.62. The minimum Gasteiger partial charge on any atom is -0.480 e. The first kappa shape index (κ1) is 38.5. The summed E-state index contributed by atoms with van der Waals surface area (Å²) in [5.41, 5.74) is 0. The number of para-hydroxylation sites is 1. The van der Waals surface area contributed by atoms with Gasteiger partial charge in [-0.25, -0.2) is 0 Å². The molecule has 2 unspecified atom stereocenters. The largest absolute Gasteiger partial charge is 0.480 e. The Morgan fingerprint density at radius 3 is 1.42 bits per heavy atom. The number of thiol groups is 2. The molecule has 0 aromatic heterocycles. The first-order chi connectivity index (χ1) is 18.2. The zero-order valence-electron chi connectivity index (χ0n) is 23.8. The first-order valence-electron chi connectivity index (χ1n) is 14.3. The second kappa shape index (κ2) is 28.3. The van der Waals surface area contributed by atoms with E-state index < -0.39 is 22.4 Å². The van der Waals surface area contributed by atoms with Gasteiger partial charge in [-0.05, 0) is 31.4 Å². The lowest BCUT2D eigenvalue weighted by Gasteiger charge is -2.04. The predicted octanol–water partition coefficient (Wildman–Crippen LogP) is 8.63. The van der Waals surface area contributed by atoms with E-state index in [1.807, 2.05) is 25.1 Å². The standard InChI is InChI=1S/2C10H20O2S.C10H12O2/c2*1-2-3-4-5-6-7-8-9(13)10(11)12;1-2-6-10(11)12-9-7-4-3-5-8-9/h2*9,13H,2-8H2,1H3,(H,11,12);3-5,7-8H,2,6H2,1H3. The summed E-state index contributed by atoms with van der Waals surface area (Å²) in [5, 5.41) is 16.2. The number of esters is 1. The van der Waals surface area contributed by atoms with Crippen LogP contribution in [0.15, 0.2) is 30.3 Å². The highest BCUT2D eigenvalue weighted by molar-refractivity contribution is 7.82. The van der Waals surface area contributed by atoms with E-state index in [0.29, 0.717) is 25.0 Å². The van der Waals surface area contributed by atoms with Gasteiger partial charge in [0.1, 0.15) is 5.75 Å². The van der Waals surface area contributed by atoms with Gasteiger partial charge >= 0.3 is 17.9 Å². The molecule has 0 bridgehead atoms. The highest BCUT2D eigenvalue weighted by Gasteiger charge is 2.11. The third-order valence-electron chi connectivity index (χ3n) is 5.66. The third kappa shape index (κ3) is 27.4. The molecule has 6 nitrogen and oxygen atoms in total. The number of carboxylic acid groups (broad SMARTS) is 2. The molecule has 1 rings (SSSR count). The van der Waals surface area contributed by atoms with Crippen molar-refractivity contribution in [2.75, 3.05) is 0 Å². The Bertz CT molecular complexity index is 667. The SMILES string of the molecule is CCCC(=O)Oc1ccccc1.CCCCCCCCC(S)C(=O)O.CCCCCCCCC(S)C(=O)O. The van der Waals surface area contributed by atoms with Crippen molar-refractivity contribution in [1.29, 1.82) is 0 Å². The van der Waals surface area contributed by atoms with E-state index in [-0.39, 0.29) is 5.97 Å². The van der Waals surface area contributed by atoms with E-state index in [9.17, 15) is 14.4 Å². The van der Waals surface area contributed by atoms with Crippen LogP contribution in [0.4, 0.5) is 0 Å². The van der Waals surface area contributed by atoms with Crippen LogP contribution in [0.5, 0.6) is 5.75 Å². The molecule has 8 heteroatoms. The number of carboxylic acids is 2. The number of hydrogen-bond acceptors (Lipinski definition) is 6. The van der Waals surface area contributed by atoms with Gasteiger partial charge < -0.3 is 14.9 Å². The summed E-state index contributed by atoms with van der Waals surface area (Å²) in [5.74, 6) is -1.13. The lowest BCUT2D eigenvalue weighted by atomic mass is 10.1. The molecule has 0 spiro atoms. The van der Waals surface area contributed by atoms with Crippen molar-refractivity contribution in [3.8, 4) is 5.75 Å². The Morgan fingerprint density at radius 2 is 1.05 bits per heavy atom. The van der Waals surface area contributed by atoms with Crippen LogP contribution in [0.25, 0.3) is 0 Å². The maximum Gasteiger partial charge on any atom is 0.316 e. The van der Waals surface area contributed by atoms with Crippen LogP contribution in [0.3, 0.4) is 0 Å². The summed E-state index contributed by atoms with van der Waals surface area (Å²) < 4.78 is 5.02. The minimum atomic E-state index is -0.795. The van der Waals surface area contributed by atoms with E-state index in [0.717, 1.165) is 32.1 Å². The predicted molar refractivity (Wildman–Crippen MR) is 164 cm³/mol. The maximum atomic E-state index is 11.0. The molecule has 2 N–H and O–H groups in total. The first-order valence-corrected chi connectivity index (χ1v) is 15.3. The molecule has 0 saturated carbocycles. The molecule has 0 aliphatic heterocycles. The quantitative estimate of drug-likeness (QED) is 0.0573. The Balaban J connectivity index is 0. The fourth-order valence-electron chi connectivity index (χ4n) is 3.36. The molecule has 0 heterocycles. The number of carbonyl (C=O) groups is 3. The fraction of sp³-hybridized carbons (Fsp3) is 0.700. The van der Waals surface area contributed by atoms with Crippen LogP contribution in [-0.4, -0.2) is 38.6 Å². The van der Waals surface area contributed by atoms with Crippen LogP contribution >= 0.6 is 25.3 Å². The van der Waals surface area contributed by atoms with Crippen LogP contribution in [0.2, 0.25) is 0 Å². The van der Waals surface area contributed by atoms with Crippen molar-refractivity contribution in [3.05, 3.63) is 30.3 Å². The van der Waals surface area contributed by atoms with Crippen LogP contribution in [-0.2, 0) is 14.4 Å². The van der Waals surface area contributed by atoms with Crippen LogP contribution in [0, 0.1) is 0 Å². The van der Waals surface area contributed by atoms with Gasteiger partial charge in [-0.2, -0.15) is 25.3 Å². The number of aliphatic carboxylic acids is 2. The van der Waals surface area contributed by atoms with Gasteiger partial charge in [0.2, 0.25) is 0 Å². The molecule has 1 aromatic rings. The lowest BCUT2D eigenvalue weighted by Crippen LogP contribution is -2.12. The average Bonchev–Trinajstić information content (AvgIpc) is 2.89. The molecule has 38 heavy (non-hydrogen) atoms. The van der Waals surface area contributed by atoms with E-state index in [1.54, 1.807) is 12.1 Å². The molecule has 220 valence electrons. The maximum absolute atomic E-state index is 11.0. The molecule has 0 amide bonds. The van der Waals surface area contributed by atoms with Gasteiger partial charge in [-0.3, -0.25) is 14.4 Å². The second-order valence-electron chi connectivity index (χ2n) is 9.36. The smallest absolute Gasteiger partial charge is 0.316 e. The molecule has 0 saturated heterocycles. The number of benzene rings is 1. The highest BCUT2D eigenvalue weighted by Crippen LogP contribution is 2.13. The summed E-state index contributed by atoms with van der Waals surface area (Å²) in [6.07, 6.45) is 17.1. The van der Waals surface area contributed by atoms with E-state index >= 15 is 0 Å². The van der Waals surface area contributed by atoms with Gasteiger partial charge in [0, 0.05) is 6.42 Å². The molecule has 2 atom stereocenters. The fourth-order valence-corrected chi connectivity index (χ4v) is 3.72. The lowest BCUT2D eigenvalue weighted by molar-refractivity contribution is -0.137. The van der Waals surface area contributed by atoms with Gasteiger partial charge in [-0.1, -0.05) is 116 Å². The number of rotatable bonds is 19. The van der Waals surface area contributed by atoms with E-state index in [2.05, 4.69) is 39.1 Å². The van der Waals surface area contributed by atoms with Crippen molar-refractivity contribution in [3.63, 3.8) is 0 Å². The summed E-state index contributed by atoms with van der Waals surface area (Å²) in [6, 6.07) is 9.11. The Morgan fingerprint density at radius 1 is 0.658 bits per heavy atom. The van der Waals surface area contributed by atoms with Gasteiger partial charge in [0.05, 0.1) is 10.5 Å². The Kier molecular flexibility index (Phi) is 28.7. The molecule has 1 aromatic carbocycles. The van der Waals surface area contributed by atoms with Crippen LogP contribution in [0.1, 0.15) is 124 Å². The Labute approximate surface area is 242 Å². The molecule has 0 aliphatic rings. The Hall–Kier alpha value is -1.67. The summed E-state index contributed by atoms with van der Waals surface area (Å²) in [7, 11) is 0. The van der Waals surface area contributed by atoms with Crippen LogP contribution < -0.4 is 4.74 Å². The van der Waals surface area contributed by atoms with Gasteiger partial charge in [-0.15, -0.1) is 0 Å². The number of unbranched alkanes of at least 4 members (excludes halogenated alkanes) is 10. The van der Waals surface area contributed by atoms with Crippen molar-refractivity contribution in [1.82, 2.24) is 0 Å². The van der Waals surface area contributed by atoms with Crippen molar-refractivity contribution in [2.45, 2.75) is 134 Å². The summed E-state index contributed by atoms with van der Waals surface area (Å²) in [4.78, 5) is 31.8. The minimum absolute atomic E-state index is 0.163. The molecular weight excluding hydrogens is 520 g/mol. The number of hydrogen-bond donors (Lipinski definition) is 4. The topological polar surface area (TPSA) is 101 Å². The van der Waals surface area contributed by atoms with Crippen molar-refractivity contribution in [2.24, 2.45) is 0 Å². The number of carbonyl (C=O) groups excluding carboxylic acids is 1. The molecule has 0 radical (unpaired) electrons. The average molecular weight is 573 g/mol. The summed E-state index contributed by atoms with van der Waals surface area (Å²) in [6.45, 7) is 6.33. The summed E-state index contributed by atoms with van der Waals surface area (Å²) >= 11 is 7.94. The zero-order chi connectivity index (χ0) is 29.0.